The van der Waals surface area contributed by atoms with Gasteiger partial charge in [0.25, 0.3) is 5.91 Å². The number of piperidine rings is 1. The maximum absolute atomic E-state index is 13.2. The second-order valence-electron chi connectivity index (χ2n) is 7.99. The zero-order valence-electron chi connectivity index (χ0n) is 17.4. The topological polar surface area (TPSA) is 36.4 Å². The largest absolute Gasteiger partial charge is 0.378 e. The summed E-state index contributed by atoms with van der Waals surface area (Å²) in [6.07, 6.45) is 1.96. The van der Waals surface area contributed by atoms with Crippen molar-refractivity contribution in [2.45, 2.75) is 18.8 Å². The van der Waals surface area contributed by atoms with Gasteiger partial charge in [0, 0.05) is 55.6 Å². The van der Waals surface area contributed by atoms with E-state index >= 15 is 0 Å². The molecular formula is C25H26FN3O. The van der Waals surface area contributed by atoms with Crippen molar-refractivity contribution < 1.29 is 9.18 Å². The van der Waals surface area contributed by atoms with Crippen LogP contribution in [0.5, 0.6) is 0 Å². The van der Waals surface area contributed by atoms with E-state index < -0.39 is 0 Å². The summed E-state index contributed by atoms with van der Waals surface area (Å²) in [7, 11) is 3.97. The van der Waals surface area contributed by atoms with Crippen LogP contribution in [0.2, 0.25) is 0 Å². The molecule has 5 heteroatoms. The van der Waals surface area contributed by atoms with Gasteiger partial charge in [0.1, 0.15) is 5.82 Å². The van der Waals surface area contributed by atoms with Crippen LogP contribution >= 0.6 is 0 Å². The maximum atomic E-state index is 13.2. The van der Waals surface area contributed by atoms with Gasteiger partial charge in [-0.2, -0.15) is 0 Å². The molecule has 154 valence electrons. The fourth-order valence-electron chi connectivity index (χ4n) is 3.95. The molecule has 1 aromatic heterocycles. The lowest BCUT2D eigenvalue weighted by atomic mass is 9.93. The van der Waals surface area contributed by atoms with Crippen LogP contribution in [0.15, 0.2) is 66.7 Å². The minimum Gasteiger partial charge on any atom is -0.378 e. The van der Waals surface area contributed by atoms with Crippen LogP contribution in [-0.4, -0.2) is 43.0 Å². The first-order valence-electron chi connectivity index (χ1n) is 10.3. The lowest BCUT2D eigenvalue weighted by Crippen LogP contribution is -2.39. The van der Waals surface area contributed by atoms with Gasteiger partial charge >= 0.3 is 0 Å². The highest BCUT2D eigenvalue weighted by atomic mass is 19.1. The lowest BCUT2D eigenvalue weighted by molar-refractivity contribution is 0.0706. The third kappa shape index (κ3) is 4.35. The molecule has 0 aliphatic carbocycles. The fraction of sp³-hybridized carbons (Fsp3) is 0.280. The van der Waals surface area contributed by atoms with Crippen LogP contribution < -0.4 is 4.90 Å². The standard InChI is InChI=1S/C25H26FN3O/c1-28(2)22-14-10-19(11-15-22)25(30)29-16-4-5-20(17-29)24-7-3-6-23(27-24)18-8-12-21(26)13-9-18/h3,6-15,20H,4-5,16-17H2,1-2H3/t20-/m1/s1. The molecular weight excluding hydrogens is 377 g/mol. The van der Waals surface area contributed by atoms with Crippen molar-refractivity contribution in [2.75, 3.05) is 32.1 Å². The molecule has 0 saturated carbocycles. The van der Waals surface area contributed by atoms with Gasteiger partial charge in [-0.15, -0.1) is 0 Å². The Balaban J connectivity index is 1.50. The summed E-state index contributed by atoms with van der Waals surface area (Å²) in [5, 5.41) is 0. The molecule has 4 nitrogen and oxygen atoms in total. The van der Waals surface area contributed by atoms with Crippen LogP contribution in [0.4, 0.5) is 10.1 Å². The molecule has 0 radical (unpaired) electrons. The number of aromatic nitrogens is 1. The van der Waals surface area contributed by atoms with E-state index in [4.69, 9.17) is 4.98 Å². The van der Waals surface area contributed by atoms with E-state index in [1.165, 1.54) is 12.1 Å². The maximum Gasteiger partial charge on any atom is 0.253 e. The Hall–Kier alpha value is -3.21. The van der Waals surface area contributed by atoms with Crippen LogP contribution in [0, 0.1) is 5.82 Å². The number of amides is 1. The van der Waals surface area contributed by atoms with Gasteiger partial charge in [-0.05, 0) is 73.5 Å². The Kier molecular flexibility index (Phi) is 5.79. The molecule has 1 amide bonds. The molecule has 4 rings (SSSR count). The summed E-state index contributed by atoms with van der Waals surface area (Å²) in [5.74, 6) is 0.0128. The van der Waals surface area contributed by atoms with Crippen LogP contribution in [0.1, 0.15) is 34.8 Å². The monoisotopic (exact) mass is 403 g/mol. The zero-order valence-corrected chi connectivity index (χ0v) is 17.4. The molecule has 0 bridgehead atoms. The number of nitrogens with zero attached hydrogens (tertiary/aromatic N) is 3. The highest BCUT2D eigenvalue weighted by Crippen LogP contribution is 2.28. The molecule has 2 heterocycles. The molecule has 1 aliphatic heterocycles. The third-order valence-electron chi connectivity index (χ3n) is 5.67. The molecule has 1 atom stereocenters. The van der Waals surface area contributed by atoms with Gasteiger partial charge in [0.2, 0.25) is 0 Å². The third-order valence-corrected chi connectivity index (χ3v) is 5.67. The van der Waals surface area contributed by atoms with Crippen molar-refractivity contribution in [1.82, 2.24) is 9.88 Å². The Labute approximate surface area is 177 Å². The molecule has 0 unspecified atom stereocenters. The van der Waals surface area contributed by atoms with Gasteiger partial charge in [-0.1, -0.05) is 6.07 Å². The van der Waals surface area contributed by atoms with Crippen LogP contribution in [0.25, 0.3) is 11.3 Å². The number of likely N-dealkylation sites (tertiary alicyclic amines) is 1. The summed E-state index contributed by atoms with van der Waals surface area (Å²) >= 11 is 0. The Morgan fingerprint density at radius 1 is 1.03 bits per heavy atom. The summed E-state index contributed by atoms with van der Waals surface area (Å²) in [5.41, 5.74) is 4.50. The number of carbonyl (C=O) groups excluding carboxylic acids is 1. The second kappa shape index (κ2) is 8.66. The predicted octanol–water partition coefficient (Wildman–Crippen LogP) is 4.97. The Bertz CT molecular complexity index is 1020. The van der Waals surface area contributed by atoms with Gasteiger partial charge in [0.15, 0.2) is 0 Å². The smallest absolute Gasteiger partial charge is 0.253 e. The quantitative estimate of drug-likeness (QED) is 0.617. The van der Waals surface area contributed by atoms with E-state index in [1.807, 2.05) is 66.4 Å². The Morgan fingerprint density at radius 3 is 2.47 bits per heavy atom. The normalized spacial score (nSPS) is 16.4. The van der Waals surface area contributed by atoms with Gasteiger partial charge in [-0.25, -0.2) is 4.39 Å². The van der Waals surface area contributed by atoms with E-state index in [0.29, 0.717) is 12.1 Å². The molecule has 30 heavy (non-hydrogen) atoms. The summed E-state index contributed by atoms with van der Waals surface area (Å²) < 4.78 is 13.2. The first-order valence-corrected chi connectivity index (χ1v) is 10.3. The van der Waals surface area contributed by atoms with Crippen molar-refractivity contribution in [2.24, 2.45) is 0 Å². The summed E-state index contributed by atoms with van der Waals surface area (Å²) in [4.78, 5) is 21.8. The molecule has 2 aromatic carbocycles. The number of benzene rings is 2. The highest BCUT2D eigenvalue weighted by Gasteiger charge is 2.26. The van der Waals surface area contributed by atoms with Gasteiger partial charge in [0.05, 0.1) is 5.69 Å². The lowest BCUT2D eigenvalue weighted by Gasteiger charge is -2.33. The molecule has 0 N–H and O–H groups in total. The fourth-order valence-corrected chi connectivity index (χ4v) is 3.95. The first kappa shape index (κ1) is 20.1. The number of pyridine rings is 1. The van der Waals surface area contributed by atoms with E-state index in [1.54, 1.807) is 12.1 Å². The van der Waals surface area contributed by atoms with Crippen LogP contribution in [-0.2, 0) is 0 Å². The Morgan fingerprint density at radius 2 is 1.77 bits per heavy atom. The molecule has 0 spiro atoms. The number of hydrogen-bond donors (Lipinski definition) is 0. The van der Waals surface area contributed by atoms with E-state index in [0.717, 1.165) is 42.0 Å². The van der Waals surface area contributed by atoms with Crippen molar-refractivity contribution in [3.05, 3.63) is 83.8 Å². The van der Waals surface area contributed by atoms with Gasteiger partial charge in [-0.3, -0.25) is 9.78 Å². The number of anilines is 1. The minimum atomic E-state index is -0.255. The number of halogens is 1. The highest BCUT2D eigenvalue weighted by molar-refractivity contribution is 5.94. The second-order valence-corrected chi connectivity index (χ2v) is 7.99. The van der Waals surface area contributed by atoms with Crippen molar-refractivity contribution in [3.8, 4) is 11.3 Å². The molecule has 1 aliphatic rings. The number of carbonyl (C=O) groups is 1. The first-order chi connectivity index (χ1) is 14.5. The number of hydrogen-bond acceptors (Lipinski definition) is 3. The minimum absolute atomic E-state index is 0.0692. The average molecular weight is 404 g/mol. The van der Waals surface area contributed by atoms with E-state index in [-0.39, 0.29) is 17.6 Å². The van der Waals surface area contributed by atoms with Crippen molar-refractivity contribution in [1.29, 1.82) is 0 Å². The van der Waals surface area contributed by atoms with Gasteiger partial charge < -0.3 is 9.80 Å². The summed E-state index contributed by atoms with van der Waals surface area (Å²) in [6.45, 7) is 1.43. The zero-order chi connectivity index (χ0) is 21.1. The van der Waals surface area contributed by atoms with E-state index in [2.05, 4.69) is 0 Å². The molecule has 3 aromatic rings. The van der Waals surface area contributed by atoms with Crippen LogP contribution in [0.3, 0.4) is 0 Å². The SMILES string of the molecule is CN(C)c1ccc(C(=O)N2CCC[C@@H](c3cccc(-c4ccc(F)cc4)n3)C2)cc1. The predicted molar refractivity (Wildman–Crippen MR) is 118 cm³/mol. The van der Waals surface area contributed by atoms with Crippen molar-refractivity contribution in [3.63, 3.8) is 0 Å². The number of rotatable bonds is 4. The van der Waals surface area contributed by atoms with E-state index in [9.17, 15) is 9.18 Å². The molecule has 1 fully saturated rings. The molecule has 1 saturated heterocycles. The van der Waals surface area contributed by atoms with Crippen molar-refractivity contribution >= 4 is 11.6 Å². The summed E-state index contributed by atoms with van der Waals surface area (Å²) in [6, 6.07) is 20.1. The average Bonchev–Trinajstić information content (AvgIpc) is 2.79.